The number of hydrogen-bond acceptors (Lipinski definition) is 3. The van der Waals surface area contributed by atoms with Gasteiger partial charge >= 0.3 is 7.12 Å². The highest BCUT2D eigenvalue weighted by Crippen LogP contribution is 2.65. The van der Waals surface area contributed by atoms with Crippen molar-refractivity contribution in [3.05, 3.63) is 35.9 Å². The number of nitrogens with zero attached hydrogens (tertiary/aromatic N) is 1. The Morgan fingerprint density at radius 1 is 1.00 bits per heavy atom. The van der Waals surface area contributed by atoms with E-state index in [-0.39, 0.29) is 24.8 Å². The predicted molar refractivity (Wildman–Crippen MR) is 133 cm³/mol. The molecule has 1 aliphatic heterocycles. The molecule has 1 aromatic carbocycles. The first-order valence-electron chi connectivity index (χ1n) is 11.9. The second-order valence-corrected chi connectivity index (χ2v) is 22.9. The third-order valence-corrected chi connectivity index (χ3v) is 15.9. The topological polar surface area (TPSA) is 21.7 Å². The molecule has 0 N–H and O–H groups in total. The average Bonchev–Trinajstić information content (AvgIpc) is 2.96. The lowest BCUT2D eigenvalue weighted by molar-refractivity contribution is -0.199. The molecule has 1 aromatic rings. The summed E-state index contributed by atoms with van der Waals surface area (Å²) in [4.78, 5) is 0. The molecule has 30 heavy (non-hydrogen) atoms. The van der Waals surface area contributed by atoms with Crippen LogP contribution in [0.15, 0.2) is 30.3 Å². The average molecular weight is 444 g/mol. The van der Waals surface area contributed by atoms with Crippen molar-refractivity contribution >= 4 is 23.6 Å². The van der Waals surface area contributed by atoms with Gasteiger partial charge in [-0.3, -0.25) is 0 Å². The molecule has 0 radical (unpaired) electrons. The van der Waals surface area contributed by atoms with Gasteiger partial charge in [0.15, 0.2) is 0 Å². The van der Waals surface area contributed by atoms with Gasteiger partial charge in [0.05, 0.1) is 11.7 Å². The first kappa shape index (κ1) is 22.8. The van der Waals surface area contributed by atoms with Gasteiger partial charge in [-0.1, -0.05) is 83.5 Å². The molecule has 3 nitrogen and oxygen atoms in total. The lowest BCUT2D eigenvalue weighted by atomic mass is 9.43. The van der Waals surface area contributed by atoms with E-state index in [1.807, 2.05) is 0 Å². The van der Waals surface area contributed by atoms with Crippen LogP contribution < -0.4 is 0 Å². The van der Waals surface area contributed by atoms with Crippen LogP contribution in [0.25, 0.3) is 0 Å². The van der Waals surface area contributed by atoms with Crippen molar-refractivity contribution in [3.63, 3.8) is 0 Å². The van der Waals surface area contributed by atoms with E-state index in [1.165, 1.54) is 12.0 Å². The SMILES string of the molecule is CC1(C)[C@@H]2C[C@H]3OB([C@H](Cc4ccccc4)N([Si](C)(C)C)[Si](C)(C)C)O[C@@]3(C)[C@H]1C2. The molecule has 4 fully saturated rings. The van der Waals surface area contributed by atoms with Crippen molar-refractivity contribution in [3.8, 4) is 0 Å². The van der Waals surface area contributed by atoms with Crippen molar-refractivity contribution in [2.45, 2.75) is 97.0 Å². The molecule has 6 heteroatoms. The summed E-state index contributed by atoms with van der Waals surface area (Å²) in [6.07, 6.45) is 3.72. The molecule has 5 atom stereocenters. The number of benzene rings is 1. The quantitative estimate of drug-likeness (QED) is 0.516. The highest BCUT2D eigenvalue weighted by molar-refractivity contribution is 6.90. The highest BCUT2D eigenvalue weighted by Gasteiger charge is 2.69. The maximum atomic E-state index is 7.02. The van der Waals surface area contributed by atoms with Gasteiger partial charge in [-0.15, -0.1) is 0 Å². The summed E-state index contributed by atoms with van der Waals surface area (Å²) < 4.78 is 16.8. The fraction of sp³-hybridized carbons (Fsp3) is 0.750. The normalized spacial score (nSPS) is 33.9. The fourth-order valence-electron chi connectivity index (χ4n) is 7.23. The van der Waals surface area contributed by atoms with Gasteiger partial charge in [-0.25, -0.2) is 0 Å². The van der Waals surface area contributed by atoms with Crippen molar-refractivity contribution < 1.29 is 9.31 Å². The van der Waals surface area contributed by atoms with Crippen molar-refractivity contribution in [1.82, 2.24) is 4.23 Å². The standard InChI is InChI=1S/C24H42BNO2Si2/c1-23(2)19-16-20(23)24(3)21(17-19)27-25(28-24)22(15-18-13-11-10-12-14-18)26(29(4,5)6)30(7,8)9/h10-14,19-22H,15-17H2,1-9H3/t19-,20-,21+,22-,24-/m0/s1. The molecule has 0 spiro atoms. The molecule has 1 heterocycles. The van der Waals surface area contributed by atoms with Crippen LogP contribution in [0.5, 0.6) is 0 Å². The minimum Gasteiger partial charge on any atom is -0.404 e. The van der Waals surface area contributed by atoms with Gasteiger partial charge in [0.1, 0.15) is 16.5 Å². The molecule has 5 rings (SSSR count). The van der Waals surface area contributed by atoms with Crippen LogP contribution in [-0.4, -0.2) is 45.5 Å². The van der Waals surface area contributed by atoms with Gasteiger partial charge in [0.25, 0.3) is 0 Å². The monoisotopic (exact) mass is 443 g/mol. The van der Waals surface area contributed by atoms with E-state index in [2.05, 4.69) is 94.6 Å². The Bertz CT molecular complexity index is 762. The van der Waals surface area contributed by atoms with Crippen molar-refractivity contribution in [1.29, 1.82) is 0 Å². The molecule has 3 saturated carbocycles. The fourth-order valence-corrected chi connectivity index (χ4v) is 17.7. The summed E-state index contributed by atoms with van der Waals surface area (Å²) in [6, 6.07) is 11.0. The Balaban J connectivity index is 1.68. The summed E-state index contributed by atoms with van der Waals surface area (Å²) in [5, 5.41) is 0. The smallest absolute Gasteiger partial charge is 0.404 e. The van der Waals surface area contributed by atoms with E-state index in [1.54, 1.807) is 0 Å². The maximum absolute atomic E-state index is 7.02. The Morgan fingerprint density at radius 2 is 1.60 bits per heavy atom. The first-order valence-corrected chi connectivity index (χ1v) is 18.8. The zero-order valence-corrected chi connectivity index (χ0v) is 22.7. The third kappa shape index (κ3) is 3.70. The van der Waals surface area contributed by atoms with Crippen molar-refractivity contribution in [2.75, 3.05) is 0 Å². The summed E-state index contributed by atoms with van der Waals surface area (Å²) in [5.74, 6) is 1.69. The number of rotatable bonds is 6. The van der Waals surface area contributed by atoms with Crippen molar-refractivity contribution in [2.24, 2.45) is 17.3 Å². The van der Waals surface area contributed by atoms with E-state index in [9.17, 15) is 0 Å². The van der Waals surface area contributed by atoms with Crippen LogP contribution in [0.4, 0.5) is 0 Å². The van der Waals surface area contributed by atoms with E-state index < -0.39 is 16.5 Å². The van der Waals surface area contributed by atoms with Gasteiger partial charge in [-0.2, -0.15) is 0 Å². The van der Waals surface area contributed by atoms with Crippen LogP contribution in [0, 0.1) is 17.3 Å². The molecule has 0 unspecified atom stereocenters. The molecule has 4 aliphatic rings. The van der Waals surface area contributed by atoms with E-state index in [0.717, 1.165) is 18.8 Å². The van der Waals surface area contributed by atoms with E-state index in [4.69, 9.17) is 9.31 Å². The maximum Gasteiger partial charge on any atom is 0.475 e. The molecular formula is C24H42BNO2Si2. The molecule has 3 aliphatic carbocycles. The molecule has 0 amide bonds. The minimum atomic E-state index is -1.58. The van der Waals surface area contributed by atoms with Crippen LogP contribution in [-0.2, 0) is 15.7 Å². The van der Waals surface area contributed by atoms with Crippen LogP contribution >= 0.6 is 0 Å². The summed E-state index contributed by atoms with van der Waals surface area (Å²) >= 11 is 0. The van der Waals surface area contributed by atoms with Gasteiger partial charge < -0.3 is 13.5 Å². The van der Waals surface area contributed by atoms with E-state index in [0.29, 0.717) is 11.3 Å². The summed E-state index contributed by atoms with van der Waals surface area (Å²) in [5.41, 5.74) is 1.64. The highest BCUT2D eigenvalue weighted by atomic mass is 28.4. The Kier molecular flexibility index (Phi) is 5.55. The molecule has 166 valence electrons. The van der Waals surface area contributed by atoms with Gasteiger partial charge in [0.2, 0.25) is 0 Å². The summed E-state index contributed by atoms with van der Waals surface area (Å²) in [6.45, 7) is 22.2. The van der Waals surface area contributed by atoms with Crippen LogP contribution in [0.1, 0.15) is 39.2 Å². The van der Waals surface area contributed by atoms with Gasteiger partial charge in [-0.05, 0) is 49.0 Å². The minimum absolute atomic E-state index is 0.131. The second kappa shape index (κ2) is 7.31. The third-order valence-electron chi connectivity index (χ3n) is 8.35. The largest absolute Gasteiger partial charge is 0.475 e. The lowest BCUT2D eigenvalue weighted by Crippen LogP contribution is -2.68. The second-order valence-electron chi connectivity index (χ2n) is 12.8. The van der Waals surface area contributed by atoms with Crippen LogP contribution in [0.2, 0.25) is 39.3 Å². The molecular weight excluding hydrogens is 401 g/mol. The Hall–Kier alpha value is -0.401. The molecule has 2 bridgehead atoms. The first-order chi connectivity index (χ1) is 13.7. The zero-order chi connectivity index (χ0) is 22.1. The Labute approximate surface area is 187 Å². The lowest BCUT2D eigenvalue weighted by Gasteiger charge is -2.64. The Morgan fingerprint density at radius 3 is 2.13 bits per heavy atom. The zero-order valence-electron chi connectivity index (χ0n) is 20.7. The summed E-state index contributed by atoms with van der Waals surface area (Å²) in [7, 11) is -3.29. The molecule has 1 saturated heterocycles. The van der Waals surface area contributed by atoms with Gasteiger partial charge in [0, 0.05) is 5.94 Å². The predicted octanol–water partition coefficient (Wildman–Crippen LogP) is 5.84. The number of hydrogen-bond donors (Lipinski definition) is 0. The van der Waals surface area contributed by atoms with E-state index >= 15 is 0 Å². The van der Waals surface area contributed by atoms with Crippen LogP contribution in [0.3, 0.4) is 0 Å². The molecule has 0 aromatic heterocycles.